The van der Waals surface area contributed by atoms with E-state index in [9.17, 15) is 12.8 Å². The fourth-order valence-electron chi connectivity index (χ4n) is 2.49. The predicted molar refractivity (Wildman–Crippen MR) is 88.4 cm³/mol. The molecule has 0 saturated heterocycles. The monoisotopic (exact) mass is 417 g/mol. The average Bonchev–Trinajstić information content (AvgIpc) is 2.89. The predicted octanol–water partition coefficient (Wildman–Crippen LogP) is 3.72. The van der Waals surface area contributed by atoms with Crippen LogP contribution in [0.25, 0.3) is 0 Å². The second-order valence-electron chi connectivity index (χ2n) is 5.01. The van der Waals surface area contributed by atoms with Crippen LogP contribution in [0.2, 0.25) is 0 Å². The largest absolute Gasteiger partial charge is 0.279 e. The Balaban J connectivity index is 1.93. The quantitative estimate of drug-likeness (QED) is 0.774. The van der Waals surface area contributed by atoms with Gasteiger partial charge in [0, 0.05) is 3.57 Å². The summed E-state index contributed by atoms with van der Waals surface area (Å²) in [4.78, 5) is 0.253. The SMILES string of the molecule is O=S(=O)(Nc1ccc(F)cc1I)c1ccc2c(c1)CCC2. The number of halogens is 2. The van der Waals surface area contributed by atoms with Crippen molar-refractivity contribution in [3.05, 3.63) is 56.9 Å². The van der Waals surface area contributed by atoms with Gasteiger partial charge >= 0.3 is 0 Å². The van der Waals surface area contributed by atoms with E-state index in [0.717, 1.165) is 24.8 Å². The van der Waals surface area contributed by atoms with Gasteiger partial charge in [0.05, 0.1) is 10.6 Å². The number of sulfonamides is 1. The third-order valence-electron chi connectivity index (χ3n) is 3.56. The van der Waals surface area contributed by atoms with Crippen LogP contribution in [0.3, 0.4) is 0 Å². The minimum atomic E-state index is -3.65. The van der Waals surface area contributed by atoms with Crippen LogP contribution in [0.15, 0.2) is 41.3 Å². The van der Waals surface area contributed by atoms with E-state index in [1.165, 1.54) is 23.8 Å². The van der Waals surface area contributed by atoms with E-state index < -0.39 is 10.0 Å². The first kappa shape index (κ1) is 14.8. The molecule has 1 aliphatic carbocycles. The van der Waals surface area contributed by atoms with Crippen molar-refractivity contribution in [3.8, 4) is 0 Å². The summed E-state index contributed by atoms with van der Waals surface area (Å²) >= 11 is 1.91. The first-order valence-electron chi connectivity index (χ1n) is 6.55. The topological polar surface area (TPSA) is 46.2 Å². The molecule has 0 aromatic heterocycles. The van der Waals surface area contributed by atoms with Gasteiger partial charge in [-0.3, -0.25) is 4.72 Å². The van der Waals surface area contributed by atoms with Gasteiger partial charge in [-0.25, -0.2) is 12.8 Å². The Morgan fingerprint density at radius 3 is 2.57 bits per heavy atom. The zero-order valence-electron chi connectivity index (χ0n) is 11.1. The fraction of sp³-hybridized carbons (Fsp3) is 0.200. The lowest BCUT2D eigenvalue weighted by atomic mass is 10.1. The number of rotatable bonds is 3. The van der Waals surface area contributed by atoms with Gasteiger partial charge in [0.25, 0.3) is 10.0 Å². The van der Waals surface area contributed by atoms with Crippen molar-refractivity contribution in [2.75, 3.05) is 4.72 Å². The summed E-state index contributed by atoms with van der Waals surface area (Å²) in [5.74, 6) is -0.389. The van der Waals surface area contributed by atoms with Crippen LogP contribution in [0.1, 0.15) is 17.5 Å². The van der Waals surface area contributed by atoms with E-state index >= 15 is 0 Å². The van der Waals surface area contributed by atoms with Crippen molar-refractivity contribution >= 4 is 38.3 Å². The molecule has 2 aromatic rings. The lowest BCUT2D eigenvalue weighted by Crippen LogP contribution is -2.14. The summed E-state index contributed by atoms with van der Waals surface area (Å²) in [5, 5.41) is 0. The number of hydrogen-bond acceptors (Lipinski definition) is 2. The third kappa shape index (κ3) is 3.06. The standard InChI is InChI=1S/C15H13FINO2S/c16-12-5-7-15(14(17)9-12)18-21(19,20)13-6-4-10-2-1-3-11(10)8-13/h4-9,18H,1-3H2. The molecule has 1 N–H and O–H groups in total. The molecule has 0 aliphatic heterocycles. The highest BCUT2D eigenvalue weighted by Gasteiger charge is 2.19. The molecular formula is C15H13FINO2S. The van der Waals surface area contributed by atoms with Gasteiger partial charge in [0.1, 0.15) is 5.82 Å². The molecular weight excluding hydrogens is 404 g/mol. The molecule has 0 saturated carbocycles. The Bertz CT molecular complexity index is 805. The number of benzene rings is 2. The van der Waals surface area contributed by atoms with E-state index in [2.05, 4.69) is 4.72 Å². The molecule has 0 amide bonds. The Hall–Kier alpha value is -1.15. The highest BCUT2D eigenvalue weighted by molar-refractivity contribution is 14.1. The van der Waals surface area contributed by atoms with Gasteiger partial charge in [-0.2, -0.15) is 0 Å². The van der Waals surface area contributed by atoms with Gasteiger partial charge in [0.15, 0.2) is 0 Å². The van der Waals surface area contributed by atoms with Crippen LogP contribution in [0.4, 0.5) is 10.1 Å². The van der Waals surface area contributed by atoms with Crippen LogP contribution in [0.5, 0.6) is 0 Å². The molecule has 21 heavy (non-hydrogen) atoms. The van der Waals surface area contributed by atoms with Gasteiger partial charge in [-0.05, 0) is 83.3 Å². The Morgan fingerprint density at radius 1 is 1.05 bits per heavy atom. The second-order valence-corrected chi connectivity index (χ2v) is 7.86. The first-order valence-corrected chi connectivity index (χ1v) is 9.11. The zero-order chi connectivity index (χ0) is 15.0. The number of aryl methyl sites for hydroxylation is 2. The molecule has 6 heteroatoms. The van der Waals surface area contributed by atoms with Gasteiger partial charge < -0.3 is 0 Å². The van der Waals surface area contributed by atoms with E-state index in [-0.39, 0.29) is 10.7 Å². The molecule has 1 aliphatic rings. The lowest BCUT2D eigenvalue weighted by Gasteiger charge is -2.11. The van der Waals surface area contributed by atoms with E-state index in [1.54, 1.807) is 12.1 Å². The lowest BCUT2D eigenvalue weighted by molar-refractivity contribution is 0.600. The smallest absolute Gasteiger partial charge is 0.261 e. The number of hydrogen-bond donors (Lipinski definition) is 1. The Morgan fingerprint density at radius 2 is 1.81 bits per heavy atom. The molecule has 0 bridgehead atoms. The molecule has 110 valence electrons. The summed E-state index contributed by atoms with van der Waals surface area (Å²) < 4.78 is 41.0. The molecule has 3 nitrogen and oxygen atoms in total. The maximum Gasteiger partial charge on any atom is 0.261 e. The van der Waals surface area contributed by atoms with Crippen molar-refractivity contribution in [2.24, 2.45) is 0 Å². The Kier molecular flexibility index (Phi) is 3.92. The molecule has 0 atom stereocenters. The van der Waals surface area contributed by atoms with Crippen LogP contribution in [-0.2, 0) is 22.9 Å². The van der Waals surface area contributed by atoms with Gasteiger partial charge in [-0.15, -0.1) is 0 Å². The summed E-state index contributed by atoms with van der Waals surface area (Å²) in [5.41, 5.74) is 2.72. The third-order valence-corrected chi connectivity index (χ3v) is 5.81. The molecule has 0 fully saturated rings. The van der Waals surface area contributed by atoms with Crippen molar-refractivity contribution in [1.29, 1.82) is 0 Å². The van der Waals surface area contributed by atoms with Crippen molar-refractivity contribution in [2.45, 2.75) is 24.2 Å². The Labute approximate surface area is 136 Å². The zero-order valence-corrected chi connectivity index (χ0v) is 14.0. The van der Waals surface area contributed by atoms with E-state index in [0.29, 0.717) is 9.26 Å². The minimum Gasteiger partial charge on any atom is -0.279 e. The minimum absolute atomic E-state index is 0.253. The summed E-state index contributed by atoms with van der Waals surface area (Å²) in [6.45, 7) is 0. The number of nitrogens with one attached hydrogen (secondary N) is 1. The van der Waals surface area contributed by atoms with Crippen molar-refractivity contribution < 1.29 is 12.8 Å². The fourth-order valence-corrected chi connectivity index (χ4v) is 4.42. The highest BCUT2D eigenvalue weighted by atomic mass is 127. The molecule has 3 rings (SSSR count). The molecule has 0 heterocycles. The van der Waals surface area contributed by atoms with Crippen LogP contribution in [-0.4, -0.2) is 8.42 Å². The van der Waals surface area contributed by atoms with Crippen molar-refractivity contribution in [3.63, 3.8) is 0 Å². The summed E-state index contributed by atoms with van der Waals surface area (Å²) in [6, 6.07) is 9.21. The maximum atomic E-state index is 13.1. The molecule has 0 radical (unpaired) electrons. The normalized spacial score (nSPS) is 14.0. The molecule has 0 spiro atoms. The number of anilines is 1. The average molecular weight is 417 g/mol. The first-order chi connectivity index (χ1) is 9.95. The van der Waals surface area contributed by atoms with Gasteiger partial charge in [-0.1, -0.05) is 6.07 Å². The van der Waals surface area contributed by atoms with E-state index in [4.69, 9.17) is 0 Å². The number of fused-ring (bicyclic) bond motifs is 1. The summed E-state index contributed by atoms with van der Waals surface area (Å²) in [6.07, 6.45) is 3.01. The second kappa shape index (κ2) is 5.57. The molecule has 2 aromatic carbocycles. The van der Waals surface area contributed by atoms with Gasteiger partial charge in [0.2, 0.25) is 0 Å². The van der Waals surface area contributed by atoms with Crippen LogP contribution >= 0.6 is 22.6 Å². The van der Waals surface area contributed by atoms with E-state index in [1.807, 2.05) is 28.7 Å². The van der Waals surface area contributed by atoms with Crippen LogP contribution in [0, 0.1) is 9.39 Å². The van der Waals surface area contributed by atoms with Crippen molar-refractivity contribution in [1.82, 2.24) is 0 Å². The summed E-state index contributed by atoms with van der Waals surface area (Å²) in [7, 11) is -3.65. The maximum absolute atomic E-state index is 13.1. The van der Waals surface area contributed by atoms with Crippen LogP contribution < -0.4 is 4.72 Å². The molecule has 0 unspecified atom stereocenters. The highest BCUT2D eigenvalue weighted by Crippen LogP contribution is 2.27.